The second-order valence-corrected chi connectivity index (χ2v) is 5.88. The van der Waals surface area contributed by atoms with Crippen molar-refractivity contribution >= 4 is 32.9 Å². The van der Waals surface area contributed by atoms with Gasteiger partial charge in [0.05, 0.1) is 11.4 Å². The lowest BCUT2D eigenvalue weighted by Crippen LogP contribution is -2.19. The first-order valence-corrected chi connectivity index (χ1v) is 7.25. The van der Waals surface area contributed by atoms with E-state index in [0.717, 1.165) is 0 Å². The first-order chi connectivity index (χ1) is 8.29. The maximum atomic E-state index is 13.6. The fraction of sp³-hybridized carbons (Fsp3) is 0.300. The van der Waals surface area contributed by atoms with E-state index in [1.54, 1.807) is 6.07 Å². The minimum Gasteiger partial charge on any atom is -0.389 e. The molecule has 0 fully saturated rings. The second kappa shape index (κ2) is 6.07. The topological polar surface area (TPSA) is 98.2 Å². The summed E-state index contributed by atoms with van der Waals surface area (Å²) in [7, 11) is -3.47. The number of nitrogens with one attached hydrogen (secondary N) is 1. The molecule has 0 aromatic heterocycles. The summed E-state index contributed by atoms with van der Waals surface area (Å²) in [6.45, 7) is 0.305. The summed E-state index contributed by atoms with van der Waals surface area (Å²) in [5, 5.41) is 7.61. The van der Waals surface area contributed by atoms with E-state index in [0.29, 0.717) is 18.5 Å². The highest BCUT2D eigenvalue weighted by molar-refractivity contribution is 7.89. The second-order valence-electron chi connectivity index (χ2n) is 3.71. The van der Waals surface area contributed by atoms with E-state index in [9.17, 15) is 12.8 Å². The van der Waals surface area contributed by atoms with Gasteiger partial charge in [0.2, 0.25) is 10.0 Å². The van der Waals surface area contributed by atoms with Crippen molar-refractivity contribution in [2.75, 3.05) is 17.6 Å². The molecule has 0 amide bonds. The molecule has 0 bridgehead atoms. The molecule has 1 rings (SSSR count). The van der Waals surface area contributed by atoms with Crippen molar-refractivity contribution < 1.29 is 12.8 Å². The van der Waals surface area contributed by atoms with Crippen molar-refractivity contribution in [3.8, 4) is 0 Å². The van der Waals surface area contributed by atoms with Crippen molar-refractivity contribution in [2.45, 2.75) is 6.42 Å². The fourth-order valence-electron chi connectivity index (χ4n) is 1.31. The van der Waals surface area contributed by atoms with Gasteiger partial charge in [0, 0.05) is 12.1 Å². The molecule has 5 N–H and O–H groups in total. The smallest absolute Gasteiger partial charge is 0.209 e. The van der Waals surface area contributed by atoms with Gasteiger partial charge < -0.3 is 11.1 Å². The molecule has 0 heterocycles. The molecule has 0 unspecified atom stereocenters. The number of rotatable bonds is 6. The average molecular weight is 291 g/mol. The molecule has 18 heavy (non-hydrogen) atoms. The maximum Gasteiger partial charge on any atom is 0.209 e. The van der Waals surface area contributed by atoms with E-state index >= 15 is 0 Å². The van der Waals surface area contributed by atoms with Crippen LogP contribution in [0.15, 0.2) is 18.2 Å². The average Bonchev–Trinajstić information content (AvgIpc) is 2.24. The van der Waals surface area contributed by atoms with Gasteiger partial charge in [-0.2, -0.15) is 0 Å². The molecular weight excluding hydrogens is 277 g/mol. The molecule has 0 aliphatic heterocycles. The van der Waals surface area contributed by atoms with Crippen LogP contribution in [0.2, 0.25) is 0 Å². The van der Waals surface area contributed by atoms with Gasteiger partial charge in [-0.15, -0.1) is 0 Å². The van der Waals surface area contributed by atoms with E-state index < -0.39 is 15.8 Å². The van der Waals surface area contributed by atoms with E-state index in [-0.39, 0.29) is 16.4 Å². The van der Waals surface area contributed by atoms with Crippen LogP contribution < -0.4 is 16.2 Å². The van der Waals surface area contributed by atoms with Crippen LogP contribution in [-0.4, -0.2) is 25.7 Å². The van der Waals surface area contributed by atoms with Gasteiger partial charge >= 0.3 is 0 Å². The number of hydrogen-bond donors (Lipinski definition) is 3. The Kier molecular flexibility index (Phi) is 5.00. The molecule has 100 valence electrons. The standard InChI is InChI=1S/C10H14FN3O2S2/c11-8-6-7(10(12)17)2-3-9(8)14-4-1-5-18(13,15)16/h2-3,6,14H,1,4-5H2,(H2,12,17)(H2,13,15,16). The Morgan fingerprint density at radius 3 is 2.61 bits per heavy atom. The monoisotopic (exact) mass is 291 g/mol. The highest BCUT2D eigenvalue weighted by Gasteiger charge is 2.06. The summed E-state index contributed by atoms with van der Waals surface area (Å²) in [4.78, 5) is 0.120. The molecule has 1 aromatic carbocycles. The van der Waals surface area contributed by atoms with Crippen LogP contribution in [0.4, 0.5) is 10.1 Å². The maximum absolute atomic E-state index is 13.6. The third kappa shape index (κ3) is 4.94. The van der Waals surface area contributed by atoms with Gasteiger partial charge in [-0.3, -0.25) is 0 Å². The van der Waals surface area contributed by atoms with Crippen LogP contribution in [0.5, 0.6) is 0 Å². The predicted octanol–water partition coefficient (Wildman–Crippen LogP) is 0.550. The minimum absolute atomic E-state index is 0.120. The lowest BCUT2D eigenvalue weighted by Gasteiger charge is -2.08. The predicted molar refractivity (Wildman–Crippen MR) is 73.4 cm³/mol. The quantitative estimate of drug-likeness (QED) is 0.525. The molecule has 0 atom stereocenters. The number of benzene rings is 1. The van der Waals surface area contributed by atoms with Crippen molar-refractivity contribution in [2.24, 2.45) is 10.9 Å². The molecule has 1 aromatic rings. The van der Waals surface area contributed by atoms with Crippen molar-refractivity contribution in [1.82, 2.24) is 0 Å². The van der Waals surface area contributed by atoms with E-state index in [2.05, 4.69) is 5.32 Å². The first kappa shape index (κ1) is 14.8. The molecular formula is C10H14FN3O2S2. The van der Waals surface area contributed by atoms with Crippen LogP contribution >= 0.6 is 12.2 Å². The highest BCUT2D eigenvalue weighted by Crippen LogP contribution is 2.15. The largest absolute Gasteiger partial charge is 0.389 e. The van der Waals surface area contributed by atoms with E-state index in [4.69, 9.17) is 23.1 Å². The Hall–Kier alpha value is -1.25. The molecule has 0 spiro atoms. The highest BCUT2D eigenvalue weighted by atomic mass is 32.2. The zero-order chi connectivity index (χ0) is 13.8. The van der Waals surface area contributed by atoms with Crippen molar-refractivity contribution in [3.63, 3.8) is 0 Å². The van der Waals surface area contributed by atoms with Crippen LogP contribution in [0.1, 0.15) is 12.0 Å². The number of hydrogen-bond acceptors (Lipinski definition) is 4. The van der Waals surface area contributed by atoms with Crippen molar-refractivity contribution in [1.29, 1.82) is 0 Å². The Balaban J connectivity index is 2.56. The summed E-state index contributed by atoms with van der Waals surface area (Å²) in [5.41, 5.74) is 6.08. The van der Waals surface area contributed by atoms with Crippen LogP contribution in [0.3, 0.4) is 0 Å². The first-order valence-electron chi connectivity index (χ1n) is 5.13. The molecule has 0 aliphatic carbocycles. The molecule has 8 heteroatoms. The number of nitrogens with two attached hydrogens (primary N) is 2. The summed E-state index contributed by atoms with van der Waals surface area (Å²) < 4.78 is 34.9. The van der Waals surface area contributed by atoms with E-state index in [1.807, 2.05) is 0 Å². The normalized spacial score (nSPS) is 11.2. The van der Waals surface area contributed by atoms with Gasteiger partial charge in [-0.1, -0.05) is 12.2 Å². The molecule has 0 saturated heterocycles. The van der Waals surface area contributed by atoms with Crippen LogP contribution in [-0.2, 0) is 10.0 Å². The number of primary sulfonamides is 1. The zero-order valence-electron chi connectivity index (χ0n) is 9.52. The lowest BCUT2D eigenvalue weighted by atomic mass is 10.2. The van der Waals surface area contributed by atoms with Crippen molar-refractivity contribution in [3.05, 3.63) is 29.6 Å². The summed E-state index contributed by atoms with van der Waals surface area (Å²) in [6.07, 6.45) is 0.301. The fourth-order valence-corrected chi connectivity index (χ4v) is 1.98. The third-order valence-electron chi connectivity index (χ3n) is 2.17. The Labute approximate surface area is 110 Å². The Morgan fingerprint density at radius 1 is 1.44 bits per heavy atom. The zero-order valence-corrected chi connectivity index (χ0v) is 11.2. The summed E-state index contributed by atoms with van der Waals surface area (Å²) in [5.74, 6) is -0.636. The molecule has 0 saturated carbocycles. The summed E-state index contributed by atoms with van der Waals surface area (Å²) >= 11 is 4.72. The van der Waals surface area contributed by atoms with Crippen LogP contribution in [0, 0.1) is 5.82 Å². The van der Waals surface area contributed by atoms with Gasteiger partial charge in [-0.05, 0) is 24.6 Å². The number of anilines is 1. The van der Waals surface area contributed by atoms with Gasteiger partial charge in [0.25, 0.3) is 0 Å². The van der Waals surface area contributed by atoms with Gasteiger partial charge in [0.15, 0.2) is 0 Å². The number of thiocarbonyl (C=S) groups is 1. The Morgan fingerprint density at radius 2 is 2.11 bits per heavy atom. The number of sulfonamides is 1. The van der Waals surface area contributed by atoms with E-state index in [1.165, 1.54) is 12.1 Å². The number of halogens is 1. The minimum atomic E-state index is -3.47. The van der Waals surface area contributed by atoms with Crippen LogP contribution in [0.25, 0.3) is 0 Å². The van der Waals surface area contributed by atoms with Gasteiger partial charge in [-0.25, -0.2) is 17.9 Å². The lowest BCUT2D eigenvalue weighted by molar-refractivity contribution is 0.595. The summed E-state index contributed by atoms with van der Waals surface area (Å²) in [6, 6.07) is 4.32. The van der Waals surface area contributed by atoms with Gasteiger partial charge in [0.1, 0.15) is 10.8 Å². The molecule has 5 nitrogen and oxygen atoms in total. The molecule has 0 aliphatic rings. The SMILES string of the molecule is NC(=S)c1ccc(NCCCS(N)(=O)=O)c(F)c1. The molecule has 0 radical (unpaired) electrons. The third-order valence-corrected chi connectivity index (χ3v) is 3.27. The Bertz CT molecular complexity index is 546.